The van der Waals surface area contributed by atoms with Crippen LogP contribution < -0.4 is 0 Å². The Balaban J connectivity index is 1.98. The van der Waals surface area contributed by atoms with Gasteiger partial charge in [0, 0.05) is 5.92 Å². The fourth-order valence-electron chi connectivity index (χ4n) is 2.62. The number of carbonyl (C=O) groups is 1. The van der Waals surface area contributed by atoms with Crippen molar-refractivity contribution in [3.8, 4) is 11.1 Å². The Morgan fingerprint density at radius 1 is 1.05 bits per heavy atom. The molecule has 2 aromatic rings. The third-order valence-electron chi connectivity index (χ3n) is 3.43. The maximum atomic E-state index is 11.3. The molecule has 0 bridgehead atoms. The summed E-state index contributed by atoms with van der Waals surface area (Å²) in [6.45, 7) is 0.397. The minimum atomic E-state index is -0.258. The molecule has 0 fully saturated rings. The highest BCUT2D eigenvalue weighted by atomic mass is 32.7. The number of fused-ring (bicyclic) bond motifs is 3. The quantitative estimate of drug-likeness (QED) is 0.603. The molecule has 96 valence electrons. The second kappa shape index (κ2) is 5.36. The van der Waals surface area contributed by atoms with Crippen LogP contribution in [0.3, 0.4) is 0 Å². The number of rotatable bonds is 2. The molecule has 1 aliphatic rings. The van der Waals surface area contributed by atoms with Crippen molar-refractivity contribution in [3.05, 3.63) is 59.7 Å². The van der Waals surface area contributed by atoms with Gasteiger partial charge in [-0.05, 0) is 33.6 Å². The maximum Gasteiger partial charge on any atom is 0.371 e. The monoisotopic (exact) mass is 288 g/mol. The molecule has 0 heterocycles. The molecule has 2 nitrogen and oxygen atoms in total. The van der Waals surface area contributed by atoms with Crippen LogP contribution in [0.1, 0.15) is 17.0 Å². The summed E-state index contributed by atoms with van der Waals surface area (Å²) in [6, 6.07) is 16.6. The van der Waals surface area contributed by atoms with E-state index in [1.807, 2.05) is 24.3 Å². The first-order chi connectivity index (χ1) is 9.31. The summed E-state index contributed by atoms with van der Waals surface area (Å²) in [6.07, 6.45) is 0. The average Bonchev–Trinajstić information content (AvgIpc) is 2.79. The summed E-state index contributed by atoms with van der Waals surface area (Å²) in [5, 5.41) is -0.258. The Hall–Kier alpha value is -1.31. The van der Waals surface area contributed by atoms with E-state index in [2.05, 4.69) is 32.7 Å². The first kappa shape index (κ1) is 12.7. The van der Waals surface area contributed by atoms with E-state index >= 15 is 0 Å². The molecule has 1 unspecified atom stereocenters. The van der Waals surface area contributed by atoms with Crippen LogP contribution in [0, 0.1) is 0 Å². The largest absolute Gasteiger partial charge is 0.456 e. The third kappa shape index (κ3) is 2.29. The molecule has 0 spiro atoms. The molecule has 0 aromatic heterocycles. The highest BCUT2D eigenvalue weighted by Gasteiger charge is 2.28. The summed E-state index contributed by atoms with van der Waals surface area (Å²) in [5.41, 5.74) is 4.98. The molecule has 0 amide bonds. The summed E-state index contributed by atoms with van der Waals surface area (Å²) >= 11 is 1.03. The van der Waals surface area contributed by atoms with Gasteiger partial charge in [-0.3, -0.25) is 0 Å². The fourth-order valence-corrected chi connectivity index (χ4v) is 2.96. The third-order valence-corrected chi connectivity index (χ3v) is 4.31. The van der Waals surface area contributed by atoms with Crippen molar-refractivity contribution in [2.45, 2.75) is 5.92 Å². The Kier molecular flexibility index (Phi) is 3.58. The van der Waals surface area contributed by atoms with Crippen LogP contribution in [0.4, 0.5) is 4.79 Å². The van der Waals surface area contributed by atoms with Crippen LogP contribution in [-0.4, -0.2) is 11.9 Å². The van der Waals surface area contributed by atoms with Crippen LogP contribution >= 0.6 is 19.8 Å². The van der Waals surface area contributed by atoms with Gasteiger partial charge in [0.2, 0.25) is 0 Å². The van der Waals surface area contributed by atoms with Gasteiger partial charge in [0.05, 0.1) is 0 Å². The molecule has 2 aromatic carbocycles. The fraction of sp³-hybridized carbons (Fsp3) is 0.133. The summed E-state index contributed by atoms with van der Waals surface area (Å²) < 4.78 is 5.29. The predicted octanol–water partition coefficient (Wildman–Crippen LogP) is 4.46. The first-order valence-electron chi connectivity index (χ1n) is 6.03. The number of hydrogen-bond acceptors (Lipinski definition) is 3. The number of carbonyl (C=O) groups excluding carboxylic acids is 1. The molecule has 1 aliphatic carbocycles. The number of ether oxygens (including phenoxy) is 1. The van der Waals surface area contributed by atoms with Crippen molar-refractivity contribution >= 4 is 25.1 Å². The van der Waals surface area contributed by atoms with Crippen molar-refractivity contribution < 1.29 is 9.53 Å². The Bertz CT molecular complexity index is 582. The second-order valence-corrected chi connectivity index (χ2v) is 5.68. The average molecular weight is 288 g/mol. The lowest BCUT2D eigenvalue weighted by atomic mass is 9.98. The van der Waals surface area contributed by atoms with Gasteiger partial charge in [-0.15, -0.1) is 0 Å². The van der Waals surface area contributed by atoms with Crippen molar-refractivity contribution in [2.75, 3.05) is 6.61 Å². The van der Waals surface area contributed by atoms with Gasteiger partial charge in [0.25, 0.3) is 0 Å². The van der Waals surface area contributed by atoms with Crippen molar-refractivity contribution in [3.63, 3.8) is 0 Å². The zero-order valence-corrected chi connectivity index (χ0v) is 12.2. The lowest BCUT2D eigenvalue weighted by Gasteiger charge is -2.13. The lowest BCUT2D eigenvalue weighted by Crippen LogP contribution is -2.08. The predicted molar refractivity (Wildman–Crippen MR) is 82.4 cm³/mol. The second-order valence-electron chi connectivity index (χ2n) is 4.41. The van der Waals surface area contributed by atoms with E-state index in [-0.39, 0.29) is 11.2 Å². The highest BCUT2D eigenvalue weighted by molar-refractivity contribution is 8.52. The van der Waals surface area contributed by atoms with Gasteiger partial charge < -0.3 is 4.74 Å². The Morgan fingerprint density at radius 2 is 1.58 bits per heavy atom. The first-order valence-corrected chi connectivity index (χ1v) is 8.32. The Morgan fingerprint density at radius 3 is 2.11 bits per heavy atom. The SMILES string of the molecule is O=C(OCC1c2ccccc2-c2ccccc21)SP. The van der Waals surface area contributed by atoms with Crippen LogP contribution in [0.25, 0.3) is 11.1 Å². The normalized spacial score (nSPS) is 12.9. The van der Waals surface area contributed by atoms with Gasteiger partial charge in [-0.25, -0.2) is 4.79 Å². The van der Waals surface area contributed by atoms with Gasteiger partial charge in [-0.1, -0.05) is 57.0 Å². The van der Waals surface area contributed by atoms with Gasteiger partial charge in [0.15, 0.2) is 0 Å². The topological polar surface area (TPSA) is 26.3 Å². The van der Waals surface area contributed by atoms with Crippen molar-refractivity contribution in [1.29, 1.82) is 0 Å². The summed E-state index contributed by atoms with van der Waals surface area (Å²) in [4.78, 5) is 11.3. The van der Waals surface area contributed by atoms with Crippen molar-refractivity contribution in [1.82, 2.24) is 0 Å². The molecular weight excluding hydrogens is 275 g/mol. The molecule has 0 aliphatic heterocycles. The standard InChI is InChI=1S/C15H13O2PS/c16-15(19-18)17-9-14-12-7-3-1-5-10(12)11-6-2-4-8-13(11)14/h1-8,14H,9,18H2. The van der Waals surface area contributed by atoms with E-state index in [1.165, 1.54) is 22.3 Å². The minimum absolute atomic E-state index is 0.147. The molecule has 4 heteroatoms. The molecule has 0 saturated heterocycles. The van der Waals surface area contributed by atoms with Crippen LogP contribution in [0.2, 0.25) is 0 Å². The zero-order valence-electron chi connectivity index (χ0n) is 10.2. The molecular formula is C15H13O2PS. The van der Waals surface area contributed by atoms with Crippen molar-refractivity contribution in [2.24, 2.45) is 0 Å². The van der Waals surface area contributed by atoms with Crippen LogP contribution in [-0.2, 0) is 4.74 Å². The number of hydrogen-bond donors (Lipinski definition) is 0. The van der Waals surface area contributed by atoms with Crippen LogP contribution in [0.15, 0.2) is 48.5 Å². The summed E-state index contributed by atoms with van der Waals surface area (Å²) in [7, 11) is 2.31. The molecule has 0 N–H and O–H groups in total. The van der Waals surface area contributed by atoms with E-state index in [9.17, 15) is 4.79 Å². The molecule has 19 heavy (non-hydrogen) atoms. The highest BCUT2D eigenvalue weighted by Crippen LogP contribution is 2.44. The lowest BCUT2D eigenvalue weighted by molar-refractivity contribution is 0.172. The van der Waals surface area contributed by atoms with Gasteiger partial charge >= 0.3 is 5.30 Å². The van der Waals surface area contributed by atoms with Gasteiger partial charge in [-0.2, -0.15) is 0 Å². The van der Waals surface area contributed by atoms with E-state index in [1.54, 1.807) is 0 Å². The van der Waals surface area contributed by atoms with Gasteiger partial charge in [0.1, 0.15) is 6.61 Å². The minimum Gasteiger partial charge on any atom is -0.456 e. The van der Waals surface area contributed by atoms with Crippen LogP contribution in [0.5, 0.6) is 0 Å². The smallest absolute Gasteiger partial charge is 0.371 e. The van der Waals surface area contributed by atoms with E-state index < -0.39 is 0 Å². The van der Waals surface area contributed by atoms with E-state index in [0.717, 1.165) is 11.4 Å². The maximum absolute atomic E-state index is 11.3. The number of benzene rings is 2. The van der Waals surface area contributed by atoms with E-state index in [4.69, 9.17) is 4.74 Å². The van der Waals surface area contributed by atoms with E-state index in [0.29, 0.717) is 6.61 Å². The molecule has 0 saturated carbocycles. The molecule has 0 radical (unpaired) electrons. The Labute approximate surface area is 118 Å². The molecule has 1 atom stereocenters. The molecule has 3 rings (SSSR count). The zero-order chi connectivity index (χ0) is 13.2. The summed E-state index contributed by atoms with van der Waals surface area (Å²) in [5.74, 6) is 0.147.